The molecule has 2 aromatic carbocycles. The van der Waals surface area contributed by atoms with Crippen molar-refractivity contribution in [2.45, 2.75) is 6.54 Å². The number of methoxy groups -OCH3 is 3. The largest absolute Gasteiger partial charge is 0.497 e. The fourth-order valence-corrected chi connectivity index (χ4v) is 2.83. The van der Waals surface area contributed by atoms with Crippen molar-refractivity contribution in [2.75, 3.05) is 26.6 Å². The first-order valence-corrected chi connectivity index (χ1v) is 7.80. The lowest BCUT2D eigenvalue weighted by Gasteiger charge is -2.14. The lowest BCUT2D eigenvalue weighted by molar-refractivity contribution is 0.209. The number of carbonyl (C=O) groups is 1. The molecule has 0 fully saturated rings. The summed E-state index contributed by atoms with van der Waals surface area (Å²) in [5, 5.41) is 16.6. The number of fused-ring (bicyclic) bond motifs is 1. The minimum Gasteiger partial charge on any atom is -0.497 e. The maximum Gasteiger partial charge on any atom is 0.409 e. The van der Waals surface area contributed by atoms with Gasteiger partial charge in [-0.15, -0.1) is 0 Å². The van der Waals surface area contributed by atoms with E-state index >= 15 is 0 Å². The van der Waals surface area contributed by atoms with Gasteiger partial charge in [0.05, 0.1) is 39.8 Å². The number of ether oxygens (including phenoxy) is 3. The fourth-order valence-electron chi connectivity index (χ4n) is 2.83. The molecule has 1 amide bonds. The van der Waals surface area contributed by atoms with Gasteiger partial charge in [-0.1, -0.05) is 0 Å². The number of hydrogen-bond acceptors (Lipinski definition) is 5. The lowest BCUT2D eigenvalue weighted by Crippen LogP contribution is -2.10. The quantitative estimate of drug-likeness (QED) is 0.703. The van der Waals surface area contributed by atoms with Crippen molar-refractivity contribution in [1.82, 2.24) is 9.78 Å². The molecule has 1 aromatic heterocycles. The maximum atomic E-state index is 11.0. The Morgan fingerprint density at radius 1 is 1.15 bits per heavy atom. The molecule has 0 bridgehead atoms. The summed E-state index contributed by atoms with van der Waals surface area (Å²) in [4.78, 5) is 11.0. The average molecular weight is 357 g/mol. The van der Waals surface area contributed by atoms with Gasteiger partial charge in [-0.05, 0) is 24.3 Å². The van der Waals surface area contributed by atoms with Crippen LogP contribution >= 0.6 is 0 Å². The molecule has 0 unspecified atom stereocenters. The van der Waals surface area contributed by atoms with Crippen molar-refractivity contribution in [1.29, 1.82) is 0 Å². The number of amides is 1. The van der Waals surface area contributed by atoms with Gasteiger partial charge in [0.1, 0.15) is 17.0 Å². The summed E-state index contributed by atoms with van der Waals surface area (Å²) in [6.07, 6.45) is 0.545. The van der Waals surface area contributed by atoms with E-state index in [1.165, 1.54) is 7.11 Å². The SMILES string of the molecule is COc1ccc(Cn2ncc3ccc(NC(=O)O)c(OC)c32)c(OC)c1. The average Bonchev–Trinajstić information content (AvgIpc) is 3.04. The first-order chi connectivity index (χ1) is 12.6. The monoisotopic (exact) mass is 357 g/mol. The molecule has 136 valence electrons. The van der Waals surface area contributed by atoms with Gasteiger partial charge in [-0.3, -0.25) is 10.00 Å². The molecular formula is C18H19N3O5. The number of nitrogens with one attached hydrogen (secondary N) is 1. The van der Waals surface area contributed by atoms with E-state index in [1.807, 2.05) is 12.1 Å². The van der Waals surface area contributed by atoms with Crippen LogP contribution in [0.25, 0.3) is 10.9 Å². The Hall–Kier alpha value is -3.42. The third kappa shape index (κ3) is 3.21. The molecule has 0 aliphatic carbocycles. The van der Waals surface area contributed by atoms with Gasteiger partial charge in [-0.2, -0.15) is 5.10 Å². The highest BCUT2D eigenvalue weighted by Crippen LogP contribution is 2.35. The zero-order chi connectivity index (χ0) is 18.7. The van der Waals surface area contributed by atoms with Crippen LogP contribution in [0.15, 0.2) is 36.5 Å². The van der Waals surface area contributed by atoms with Crippen molar-refractivity contribution in [3.8, 4) is 17.2 Å². The molecule has 3 rings (SSSR count). The van der Waals surface area contributed by atoms with E-state index in [4.69, 9.17) is 19.3 Å². The van der Waals surface area contributed by atoms with Crippen molar-refractivity contribution < 1.29 is 24.1 Å². The third-order valence-electron chi connectivity index (χ3n) is 4.02. The van der Waals surface area contributed by atoms with Gasteiger partial charge in [0, 0.05) is 17.0 Å². The van der Waals surface area contributed by atoms with E-state index in [-0.39, 0.29) is 0 Å². The number of aromatic nitrogens is 2. The molecule has 0 saturated heterocycles. The minimum atomic E-state index is -1.16. The molecule has 0 atom stereocenters. The maximum absolute atomic E-state index is 11.0. The highest BCUT2D eigenvalue weighted by Gasteiger charge is 2.16. The Morgan fingerprint density at radius 3 is 2.62 bits per heavy atom. The van der Waals surface area contributed by atoms with Crippen LogP contribution in [0, 0.1) is 0 Å². The zero-order valence-corrected chi connectivity index (χ0v) is 14.6. The Balaban J connectivity index is 2.07. The molecule has 1 heterocycles. The van der Waals surface area contributed by atoms with Crippen LogP contribution in [0.1, 0.15) is 5.56 Å². The molecule has 0 aliphatic heterocycles. The summed E-state index contributed by atoms with van der Waals surface area (Å²) in [7, 11) is 4.68. The highest BCUT2D eigenvalue weighted by molar-refractivity contribution is 5.95. The van der Waals surface area contributed by atoms with Gasteiger partial charge in [0.25, 0.3) is 0 Å². The summed E-state index contributed by atoms with van der Waals surface area (Å²) in [5.74, 6) is 1.78. The van der Waals surface area contributed by atoms with Crippen LogP contribution in [-0.4, -0.2) is 42.3 Å². The van der Waals surface area contributed by atoms with Gasteiger partial charge in [0.2, 0.25) is 0 Å². The summed E-state index contributed by atoms with van der Waals surface area (Å²) in [5.41, 5.74) is 1.95. The van der Waals surface area contributed by atoms with Crippen LogP contribution in [0.2, 0.25) is 0 Å². The van der Waals surface area contributed by atoms with E-state index in [1.54, 1.807) is 43.3 Å². The molecule has 0 spiro atoms. The van der Waals surface area contributed by atoms with Gasteiger partial charge >= 0.3 is 6.09 Å². The molecular weight excluding hydrogens is 338 g/mol. The van der Waals surface area contributed by atoms with Gasteiger partial charge < -0.3 is 19.3 Å². The zero-order valence-electron chi connectivity index (χ0n) is 14.6. The van der Waals surface area contributed by atoms with Crippen LogP contribution in [0.3, 0.4) is 0 Å². The number of hydrogen-bond donors (Lipinski definition) is 2. The second kappa shape index (κ2) is 7.22. The molecule has 8 heteroatoms. The highest BCUT2D eigenvalue weighted by atomic mass is 16.5. The topological polar surface area (TPSA) is 94.8 Å². The Morgan fingerprint density at radius 2 is 1.96 bits per heavy atom. The smallest absolute Gasteiger partial charge is 0.409 e. The molecule has 0 radical (unpaired) electrons. The van der Waals surface area contributed by atoms with Crippen LogP contribution in [-0.2, 0) is 6.54 Å². The van der Waals surface area contributed by atoms with Crippen molar-refractivity contribution in [2.24, 2.45) is 0 Å². The predicted octanol–water partition coefficient (Wildman–Crippen LogP) is 3.20. The first kappa shape index (κ1) is 17.4. The standard InChI is InChI=1S/C18H19N3O5/c1-24-13-6-4-12(15(8-13)25-2)10-21-16-11(9-19-21)5-7-14(17(16)26-3)20-18(22)23/h4-9,20H,10H2,1-3H3,(H,22,23). The summed E-state index contributed by atoms with van der Waals surface area (Å²) in [6.45, 7) is 0.420. The minimum absolute atomic E-state index is 0.357. The van der Waals surface area contributed by atoms with Gasteiger partial charge in [-0.25, -0.2) is 4.79 Å². The van der Waals surface area contributed by atoms with E-state index in [0.717, 1.165) is 10.9 Å². The number of anilines is 1. The lowest BCUT2D eigenvalue weighted by atomic mass is 10.1. The van der Waals surface area contributed by atoms with E-state index in [0.29, 0.717) is 35.0 Å². The summed E-state index contributed by atoms with van der Waals surface area (Å²) in [6, 6.07) is 8.98. The van der Waals surface area contributed by atoms with Crippen LogP contribution in [0.5, 0.6) is 17.2 Å². The number of nitrogens with zero attached hydrogens (tertiary/aromatic N) is 2. The van der Waals surface area contributed by atoms with Crippen LogP contribution < -0.4 is 19.5 Å². The second-order valence-corrected chi connectivity index (χ2v) is 5.49. The van der Waals surface area contributed by atoms with Crippen LogP contribution in [0.4, 0.5) is 10.5 Å². The molecule has 0 saturated carbocycles. The molecule has 2 N–H and O–H groups in total. The number of carboxylic acid groups (broad SMARTS) is 1. The number of benzene rings is 2. The van der Waals surface area contributed by atoms with Crippen molar-refractivity contribution >= 4 is 22.7 Å². The molecule has 3 aromatic rings. The fraction of sp³-hybridized carbons (Fsp3) is 0.222. The van der Waals surface area contributed by atoms with E-state index in [2.05, 4.69) is 10.4 Å². The predicted molar refractivity (Wildman–Crippen MR) is 96.6 cm³/mol. The van der Waals surface area contributed by atoms with Crippen molar-refractivity contribution in [3.63, 3.8) is 0 Å². The Kier molecular flexibility index (Phi) is 4.83. The van der Waals surface area contributed by atoms with Gasteiger partial charge in [0.15, 0.2) is 5.75 Å². The van der Waals surface area contributed by atoms with E-state index in [9.17, 15) is 4.79 Å². The molecule has 26 heavy (non-hydrogen) atoms. The normalized spacial score (nSPS) is 10.6. The summed E-state index contributed by atoms with van der Waals surface area (Å²) >= 11 is 0. The summed E-state index contributed by atoms with van der Waals surface area (Å²) < 4.78 is 17.9. The number of rotatable bonds is 6. The van der Waals surface area contributed by atoms with E-state index < -0.39 is 6.09 Å². The first-order valence-electron chi connectivity index (χ1n) is 7.80. The second-order valence-electron chi connectivity index (χ2n) is 5.49. The third-order valence-corrected chi connectivity index (χ3v) is 4.02. The molecule has 0 aliphatic rings. The Bertz CT molecular complexity index is 951. The Labute approximate surface area is 149 Å². The molecule has 8 nitrogen and oxygen atoms in total. The van der Waals surface area contributed by atoms with Crippen molar-refractivity contribution in [3.05, 3.63) is 42.1 Å².